The van der Waals surface area contributed by atoms with Crippen LogP contribution in [0.25, 0.3) is 0 Å². The second kappa shape index (κ2) is 5.08. The highest BCUT2D eigenvalue weighted by Gasteiger charge is 2.23. The van der Waals surface area contributed by atoms with E-state index in [2.05, 4.69) is 0 Å². The molecule has 0 spiro atoms. The first-order chi connectivity index (χ1) is 7.83. The van der Waals surface area contributed by atoms with Crippen molar-refractivity contribution in [1.29, 1.82) is 5.26 Å². The Hall–Kier alpha value is -1.71. The van der Waals surface area contributed by atoms with Gasteiger partial charge in [-0.05, 0) is 19.6 Å². The van der Waals surface area contributed by atoms with E-state index in [1.807, 2.05) is 25.7 Å². The van der Waals surface area contributed by atoms with Gasteiger partial charge in [-0.15, -0.1) is 0 Å². The van der Waals surface area contributed by atoms with E-state index in [0.29, 0.717) is 5.56 Å². The van der Waals surface area contributed by atoms with Crippen LogP contribution in [-0.4, -0.2) is 13.2 Å². The predicted octanol–water partition coefficient (Wildman–Crippen LogP) is 3.01. The Balaban J connectivity index is 3.01. The van der Waals surface area contributed by atoms with Crippen molar-refractivity contribution in [2.45, 2.75) is 25.7 Å². The lowest BCUT2D eigenvalue weighted by Gasteiger charge is -2.21. The number of nitro benzene ring substituents is 1. The Morgan fingerprint density at radius 2 is 2.12 bits per heavy atom. The summed E-state index contributed by atoms with van der Waals surface area (Å²) < 4.78 is 5.66. The number of nitrogens with zero attached hydrogens (tertiary/aromatic N) is 2. The molecule has 0 radical (unpaired) electrons. The average molecular weight is 250 g/mol. The standard InChI is InChI=1S/C11H14N2O3Si/c1-17(2,3)16-11(8-12)9-5-4-6-10(7-9)13(14)15/h4-7,11H,1-3H3. The largest absolute Gasteiger partial charge is 0.399 e. The fourth-order valence-corrected chi connectivity index (χ4v) is 2.22. The third-order valence-corrected chi connectivity index (χ3v) is 2.92. The van der Waals surface area contributed by atoms with E-state index >= 15 is 0 Å². The third-order valence-electron chi connectivity index (χ3n) is 1.97. The molecule has 0 aliphatic rings. The van der Waals surface area contributed by atoms with Crippen molar-refractivity contribution in [3.8, 4) is 6.07 Å². The van der Waals surface area contributed by atoms with Gasteiger partial charge in [0.2, 0.25) is 0 Å². The summed E-state index contributed by atoms with van der Waals surface area (Å²) in [6.45, 7) is 5.90. The van der Waals surface area contributed by atoms with Gasteiger partial charge in [0.25, 0.3) is 5.69 Å². The van der Waals surface area contributed by atoms with Crippen molar-refractivity contribution in [2.75, 3.05) is 0 Å². The van der Waals surface area contributed by atoms with Gasteiger partial charge in [0.1, 0.15) is 0 Å². The molecule has 0 fully saturated rings. The number of hydrogen-bond acceptors (Lipinski definition) is 4. The van der Waals surface area contributed by atoms with Crippen molar-refractivity contribution in [3.63, 3.8) is 0 Å². The Labute approximate surface area is 101 Å². The van der Waals surface area contributed by atoms with Gasteiger partial charge in [-0.2, -0.15) is 5.26 Å². The van der Waals surface area contributed by atoms with Crippen molar-refractivity contribution in [3.05, 3.63) is 39.9 Å². The maximum Gasteiger partial charge on any atom is 0.269 e. The minimum atomic E-state index is -1.86. The molecule has 1 unspecified atom stereocenters. The topological polar surface area (TPSA) is 76.2 Å². The van der Waals surface area contributed by atoms with Crippen LogP contribution in [0.1, 0.15) is 11.7 Å². The molecule has 1 aromatic rings. The molecule has 0 aromatic heterocycles. The minimum Gasteiger partial charge on any atom is -0.399 e. The fraction of sp³-hybridized carbons (Fsp3) is 0.364. The summed E-state index contributed by atoms with van der Waals surface area (Å²) in [6.07, 6.45) is -0.735. The molecule has 0 saturated heterocycles. The molecule has 0 aliphatic carbocycles. The maximum atomic E-state index is 10.6. The smallest absolute Gasteiger partial charge is 0.269 e. The molecule has 1 atom stereocenters. The molecule has 6 heteroatoms. The molecular weight excluding hydrogens is 236 g/mol. The van der Waals surface area contributed by atoms with E-state index in [1.54, 1.807) is 12.1 Å². The number of hydrogen-bond donors (Lipinski definition) is 0. The van der Waals surface area contributed by atoms with Gasteiger partial charge in [0.15, 0.2) is 14.4 Å². The molecule has 0 bridgehead atoms. The zero-order chi connectivity index (χ0) is 13.1. The van der Waals surface area contributed by atoms with Crippen LogP contribution in [0.15, 0.2) is 24.3 Å². The SMILES string of the molecule is C[Si](C)(C)OC(C#N)c1cccc([N+](=O)[O-])c1. The highest BCUT2D eigenvalue weighted by Crippen LogP contribution is 2.24. The van der Waals surface area contributed by atoms with Gasteiger partial charge >= 0.3 is 0 Å². The molecule has 0 aliphatic heterocycles. The van der Waals surface area contributed by atoms with E-state index in [-0.39, 0.29) is 5.69 Å². The lowest BCUT2D eigenvalue weighted by Crippen LogP contribution is -2.27. The van der Waals surface area contributed by atoms with Crippen molar-refractivity contribution in [1.82, 2.24) is 0 Å². The zero-order valence-corrected chi connectivity index (χ0v) is 11.0. The first-order valence-corrected chi connectivity index (χ1v) is 8.56. The fourth-order valence-electron chi connectivity index (χ4n) is 1.32. The molecule has 0 heterocycles. The molecule has 17 heavy (non-hydrogen) atoms. The van der Waals surface area contributed by atoms with Gasteiger partial charge in [-0.3, -0.25) is 10.1 Å². The van der Waals surface area contributed by atoms with Crippen LogP contribution >= 0.6 is 0 Å². The molecule has 1 aromatic carbocycles. The second-order valence-corrected chi connectivity index (χ2v) is 9.05. The van der Waals surface area contributed by atoms with Crippen LogP contribution in [0.4, 0.5) is 5.69 Å². The Kier molecular flexibility index (Phi) is 3.99. The van der Waals surface area contributed by atoms with Gasteiger partial charge < -0.3 is 4.43 Å². The molecule has 0 saturated carbocycles. The van der Waals surface area contributed by atoms with Crippen LogP contribution < -0.4 is 0 Å². The monoisotopic (exact) mass is 250 g/mol. The Bertz CT molecular complexity index is 463. The summed E-state index contributed by atoms with van der Waals surface area (Å²) in [7, 11) is -1.86. The summed E-state index contributed by atoms with van der Waals surface area (Å²) in [6, 6.07) is 8.04. The highest BCUT2D eigenvalue weighted by molar-refractivity contribution is 6.69. The van der Waals surface area contributed by atoms with E-state index in [4.69, 9.17) is 9.69 Å². The highest BCUT2D eigenvalue weighted by atomic mass is 28.4. The average Bonchev–Trinajstić information content (AvgIpc) is 2.25. The van der Waals surface area contributed by atoms with E-state index < -0.39 is 19.3 Å². The van der Waals surface area contributed by atoms with Crippen molar-refractivity contribution in [2.24, 2.45) is 0 Å². The maximum absolute atomic E-state index is 10.6. The third kappa shape index (κ3) is 3.98. The number of non-ortho nitro benzene ring substituents is 1. The first kappa shape index (κ1) is 13.4. The second-order valence-electron chi connectivity index (χ2n) is 4.59. The van der Waals surface area contributed by atoms with Gasteiger partial charge in [-0.25, -0.2) is 0 Å². The quantitative estimate of drug-likeness (QED) is 0.467. The Morgan fingerprint density at radius 3 is 2.59 bits per heavy atom. The molecule has 5 nitrogen and oxygen atoms in total. The first-order valence-electron chi connectivity index (χ1n) is 5.15. The van der Waals surface area contributed by atoms with Crippen LogP contribution in [0.2, 0.25) is 19.6 Å². The van der Waals surface area contributed by atoms with Crippen LogP contribution in [0, 0.1) is 21.4 Å². The molecule has 0 amide bonds. The minimum absolute atomic E-state index is 0.0260. The predicted molar refractivity (Wildman–Crippen MR) is 65.9 cm³/mol. The summed E-state index contributed by atoms with van der Waals surface area (Å²) in [4.78, 5) is 10.2. The number of nitro groups is 1. The normalized spacial score (nSPS) is 12.8. The molecular formula is C11H14N2O3Si. The lowest BCUT2D eigenvalue weighted by molar-refractivity contribution is -0.385. The van der Waals surface area contributed by atoms with E-state index in [1.165, 1.54) is 12.1 Å². The number of rotatable bonds is 4. The summed E-state index contributed by atoms with van der Waals surface area (Å²) in [5.41, 5.74) is 0.506. The summed E-state index contributed by atoms with van der Waals surface area (Å²) in [5.74, 6) is 0. The molecule has 90 valence electrons. The van der Waals surface area contributed by atoms with Crippen LogP contribution in [0.3, 0.4) is 0 Å². The lowest BCUT2D eigenvalue weighted by atomic mass is 10.1. The van der Waals surface area contributed by atoms with Gasteiger partial charge in [0.05, 0.1) is 11.0 Å². The number of benzene rings is 1. The van der Waals surface area contributed by atoms with Crippen molar-refractivity contribution >= 4 is 14.0 Å². The van der Waals surface area contributed by atoms with Crippen LogP contribution in [-0.2, 0) is 4.43 Å². The van der Waals surface area contributed by atoms with Gasteiger partial charge in [-0.1, -0.05) is 12.1 Å². The molecule has 1 rings (SSSR count). The zero-order valence-electron chi connectivity index (χ0n) is 10.0. The summed E-state index contributed by atoms with van der Waals surface area (Å²) >= 11 is 0. The molecule has 0 N–H and O–H groups in total. The van der Waals surface area contributed by atoms with Crippen molar-refractivity contribution < 1.29 is 9.35 Å². The van der Waals surface area contributed by atoms with Gasteiger partial charge in [0, 0.05) is 17.7 Å². The van der Waals surface area contributed by atoms with E-state index in [0.717, 1.165) is 0 Å². The van der Waals surface area contributed by atoms with E-state index in [9.17, 15) is 10.1 Å². The number of nitriles is 1. The summed E-state index contributed by atoms with van der Waals surface area (Å²) in [5, 5.41) is 19.7. The Morgan fingerprint density at radius 1 is 1.47 bits per heavy atom. The van der Waals surface area contributed by atoms with Crippen LogP contribution in [0.5, 0.6) is 0 Å².